The van der Waals surface area contributed by atoms with Crippen molar-refractivity contribution in [2.45, 2.75) is 84.5 Å². The molecule has 0 radical (unpaired) electrons. The first-order chi connectivity index (χ1) is 12.8. The summed E-state index contributed by atoms with van der Waals surface area (Å²) in [6, 6.07) is 8.92. The minimum atomic E-state index is 0.818. The van der Waals surface area contributed by atoms with E-state index in [-0.39, 0.29) is 0 Å². The maximum atomic E-state index is 4.87. The second kappa shape index (κ2) is 9.85. The Kier molecular flexibility index (Phi) is 7.22. The van der Waals surface area contributed by atoms with E-state index in [1.807, 2.05) is 0 Å². The van der Waals surface area contributed by atoms with Gasteiger partial charge in [-0.25, -0.2) is 9.97 Å². The number of aromatic nitrogens is 2. The molecule has 1 heterocycles. The van der Waals surface area contributed by atoms with E-state index in [4.69, 9.17) is 4.98 Å². The highest BCUT2D eigenvalue weighted by Crippen LogP contribution is 2.27. The van der Waals surface area contributed by atoms with E-state index in [0.717, 1.165) is 30.1 Å². The van der Waals surface area contributed by atoms with Gasteiger partial charge in [-0.3, -0.25) is 0 Å². The van der Waals surface area contributed by atoms with Crippen LogP contribution in [0.1, 0.15) is 82.0 Å². The van der Waals surface area contributed by atoms with Crippen LogP contribution in [0.15, 0.2) is 30.5 Å². The summed E-state index contributed by atoms with van der Waals surface area (Å²) < 4.78 is 0. The van der Waals surface area contributed by atoms with Crippen LogP contribution in [0.4, 0.5) is 0 Å². The van der Waals surface area contributed by atoms with Crippen molar-refractivity contribution in [2.24, 2.45) is 5.92 Å². The van der Waals surface area contributed by atoms with E-state index in [0.29, 0.717) is 0 Å². The molecule has 0 saturated heterocycles. The van der Waals surface area contributed by atoms with Crippen LogP contribution in [0.25, 0.3) is 11.4 Å². The standard InChI is InChI=1S/C24H34N2/c1-3-5-6-7-8-9-10-20-11-14-21(15-12-20)24-25-18-22-17-19(4-2)13-16-23(22)26-24/h11-12,14-15,18-19H,3-10,13,16-17H2,1-2H3. The minimum Gasteiger partial charge on any atom is -0.236 e. The first-order valence-electron chi connectivity index (χ1n) is 10.7. The first kappa shape index (κ1) is 19.1. The highest BCUT2D eigenvalue weighted by atomic mass is 14.9. The summed E-state index contributed by atoms with van der Waals surface area (Å²) in [7, 11) is 0. The quantitative estimate of drug-likeness (QED) is 0.478. The molecule has 26 heavy (non-hydrogen) atoms. The van der Waals surface area contributed by atoms with Crippen LogP contribution in [0, 0.1) is 5.92 Å². The second-order valence-electron chi connectivity index (χ2n) is 7.90. The fraction of sp³-hybridized carbons (Fsp3) is 0.583. The molecular weight excluding hydrogens is 316 g/mol. The highest BCUT2D eigenvalue weighted by Gasteiger charge is 2.19. The van der Waals surface area contributed by atoms with Gasteiger partial charge in [0.05, 0.1) is 0 Å². The van der Waals surface area contributed by atoms with Crippen molar-refractivity contribution in [3.05, 3.63) is 47.3 Å². The Hall–Kier alpha value is -1.70. The van der Waals surface area contributed by atoms with E-state index < -0.39 is 0 Å². The summed E-state index contributed by atoms with van der Waals surface area (Å²) in [6.07, 6.45) is 16.2. The van der Waals surface area contributed by atoms with E-state index in [2.05, 4.69) is 49.3 Å². The van der Waals surface area contributed by atoms with E-state index >= 15 is 0 Å². The third-order valence-electron chi connectivity index (χ3n) is 5.86. The van der Waals surface area contributed by atoms with Crippen molar-refractivity contribution >= 4 is 0 Å². The third-order valence-corrected chi connectivity index (χ3v) is 5.86. The summed E-state index contributed by atoms with van der Waals surface area (Å²) >= 11 is 0. The SMILES string of the molecule is CCCCCCCCc1ccc(-c2ncc3c(n2)CCC(CC)C3)cc1. The van der Waals surface area contributed by atoms with Crippen LogP contribution in [-0.2, 0) is 19.3 Å². The van der Waals surface area contributed by atoms with E-state index in [9.17, 15) is 0 Å². The fourth-order valence-electron chi connectivity index (χ4n) is 4.00. The molecule has 0 spiro atoms. The maximum Gasteiger partial charge on any atom is 0.159 e. The van der Waals surface area contributed by atoms with Gasteiger partial charge in [0.1, 0.15) is 0 Å². The number of rotatable bonds is 9. The molecule has 140 valence electrons. The van der Waals surface area contributed by atoms with Crippen molar-refractivity contribution in [3.63, 3.8) is 0 Å². The molecule has 2 aromatic rings. The van der Waals surface area contributed by atoms with Crippen LogP contribution in [0.2, 0.25) is 0 Å². The Morgan fingerprint density at radius 1 is 0.962 bits per heavy atom. The zero-order chi connectivity index (χ0) is 18.2. The molecule has 0 N–H and O–H groups in total. The molecule has 1 aliphatic rings. The van der Waals surface area contributed by atoms with Crippen molar-refractivity contribution in [3.8, 4) is 11.4 Å². The molecule has 0 saturated carbocycles. The van der Waals surface area contributed by atoms with Crippen LogP contribution in [0.5, 0.6) is 0 Å². The van der Waals surface area contributed by atoms with Gasteiger partial charge in [-0.05, 0) is 49.1 Å². The van der Waals surface area contributed by atoms with Gasteiger partial charge in [-0.2, -0.15) is 0 Å². The summed E-state index contributed by atoms with van der Waals surface area (Å²) in [4.78, 5) is 9.53. The molecule has 2 heteroatoms. The molecule has 2 nitrogen and oxygen atoms in total. The summed E-state index contributed by atoms with van der Waals surface area (Å²) in [6.45, 7) is 4.56. The molecule has 1 aromatic heterocycles. The largest absolute Gasteiger partial charge is 0.236 e. The van der Waals surface area contributed by atoms with Crippen molar-refractivity contribution in [2.75, 3.05) is 0 Å². The van der Waals surface area contributed by atoms with Gasteiger partial charge in [-0.15, -0.1) is 0 Å². The van der Waals surface area contributed by atoms with Crippen molar-refractivity contribution in [1.82, 2.24) is 9.97 Å². The molecule has 0 bridgehead atoms. The van der Waals surface area contributed by atoms with Crippen LogP contribution in [-0.4, -0.2) is 9.97 Å². The summed E-state index contributed by atoms with van der Waals surface area (Å²) in [5, 5.41) is 0. The summed E-state index contributed by atoms with van der Waals surface area (Å²) in [5.74, 6) is 1.71. The van der Waals surface area contributed by atoms with Crippen LogP contribution in [0.3, 0.4) is 0 Å². The molecule has 1 atom stereocenters. The van der Waals surface area contributed by atoms with Gasteiger partial charge in [-0.1, -0.05) is 76.6 Å². The molecule has 1 unspecified atom stereocenters. The lowest BCUT2D eigenvalue weighted by Gasteiger charge is -2.22. The Morgan fingerprint density at radius 2 is 1.73 bits per heavy atom. The molecule has 0 fully saturated rings. The predicted octanol–water partition coefficient (Wildman–Crippen LogP) is 6.56. The van der Waals surface area contributed by atoms with Crippen molar-refractivity contribution < 1.29 is 0 Å². The lowest BCUT2D eigenvalue weighted by atomic mass is 9.86. The van der Waals surface area contributed by atoms with Gasteiger partial charge in [0.2, 0.25) is 0 Å². The number of aryl methyl sites for hydroxylation is 2. The first-order valence-corrected chi connectivity index (χ1v) is 10.7. The second-order valence-corrected chi connectivity index (χ2v) is 7.90. The number of benzene rings is 1. The normalized spacial score (nSPS) is 16.5. The van der Waals surface area contributed by atoms with Gasteiger partial charge < -0.3 is 0 Å². The third kappa shape index (κ3) is 5.16. The molecule has 3 rings (SSSR count). The van der Waals surface area contributed by atoms with E-state index in [1.165, 1.54) is 74.6 Å². The number of fused-ring (bicyclic) bond motifs is 1. The average Bonchev–Trinajstić information content (AvgIpc) is 2.70. The lowest BCUT2D eigenvalue weighted by molar-refractivity contribution is 0.439. The minimum absolute atomic E-state index is 0.818. The molecule has 0 amide bonds. The van der Waals surface area contributed by atoms with Gasteiger partial charge >= 0.3 is 0 Å². The Labute approximate surface area is 159 Å². The zero-order valence-corrected chi connectivity index (χ0v) is 16.6. The highest BCUT2D eigenvalue weighted by molar-refractivity contribution is 5.55. The Morgan fingerprint density at radius 3 is 2.50 bits per heavy atom. The number of hydrogen-bond donors (Lipinski definition) is 0. The lowest BCUT2D eigenvalue weighted by Crippen LogP contribution is -2.15. The predicted molar refractivity (Wildman–Crippen MR) is 110 cm³/mol. The monoisotopic (exact) mass is 350 g/mol. The topological polar surface area (TPSA) is 25.8 Å². The number of nitrogens with zero attached hydrogens (tertiary/aromatic N) is 2. The van der Waals surface area contributed by atoms with Gasteiger partial charge in [0, 0.05) is 17.5 Å². The van der Waals surface area contributed by atoms with Gasteiger partial charge in [0.15, 0.2) is 5.82 Å². The van der Waals surface area contributed by atoms with Crippen LogP contribution >= 0.6 is 0 Å². The molecule has 0 aliphatic heterocycles. The molecular formula is C24H34N2. The Bertz CT molecular complexity index is 675. The van der Waals surface area contributed by atoms with Crippen LogP contribution < -0.4 is 0 Å². The van der Waals surface area contributed by atoms with Crippen molar-refractivity contribution in [1.29, 1.82) is 0 Å². The molecule has 1 aromatic carbocycles. The Balaban J connectivity index is 1.55. The van der Waals surface area contributed by atoms with Gasteiger partial charge in [0.25, 0.3) is 0 Å². The zero-order valence-electron chi connectivity index (χ0n) is 16.6. The number of unbranched alkanes of at least 4 members (excludes halogenated alkanes) is 5. The number of hydrogen-bond acceptors (Lipinski definition) is 2. The smallest absolute Gasteiger partial charge is 0.159 e. The average molecular weight is 351 g/mol. The molecule has 1 aliphatic carbocycles. The van der Waals surface area contributed by atoms with E-state index in [1.54, 1.807) is 0 Å². The summed E-state index contributed by atoms with van der Waals surface area (Å²) in [5.41, 5.74) is 5.23. The maximum absolute atomic E-state index is 4.87. The fourth-order valence-corrected chi connectivity index (χ4v) is 4.00.